The summed E-state index contributed by atoms with van der Waals surface area (Å²) in [6.45, 7) is 0.497. The van der Waals surface area contributed by atoms with Crippen LogP contribution in [-0.2, 0) is 19.6 Å². The van der Waals surface area contributed by atoms with Gasteiger partial charge >= 0.3 is 6.03 Å². The second kappa shape index (κ2) is 7.63. The number of carbonyl (C=O) groups is 3. The minimum Gasteiger partial charge on any atom is -0.340 e. The number of benzene rings is 1. The Labute approximate surface area is 165 Å². The van der Waals surface area contributed by atoms with Crippen molar-refractivity contribution in [2.75, 3.05) is 26.2 Å². The number of halogens is 2. The molecule has 146 valence electrons. The van der Waals surface area contributed by atoms with Crippen LogP contribution in [0.5, 0.6) is 0 Å². The van der Waals surface area contributed by atoms with Crippen LogP contribution in [0.1, 0.15) is 6.42 Å². The van der Waals surface area contributed by atoms with Gasteiger partial charge in [0.25, 0.3) is 5.91 Å². The molecule has 1 atom stereocenters. The van der Waals surface area contributed by atoms with Crippen LogP contribution in [0.25, 0.3) is 0 Å². The molecule has 0 spiro atoms. The summed E-state index contributed by atoms with van der Waals surface area (Å²) in [5, 5.41) is 4.52. The van der Waals surface area contributed by atoms with E-state index in [1.165, 1.54) is 27.4 Å². The average Bonchev–Trinajstić information content (AvgIpc) is 2.94. The minimum absolute atomic E-state index is 0.0411. The lowest BCUT2D eigenvalue weighted by molar-refractivity contribution is -0.134. The molecule has 2 saturated heterocycles. The van der Waals surface area contributed by atoms with Crippen molar-refractivity contribution in [1.29, 1.82) is 0 Å². The Hall–Kier alpha value is -1.88. The standard InChI is InChI=1S/C15H16Cl2N4O5S/c16-9-2-1-3-11(13(9)17)27(25,26)21-6-4-20(5-7-21)12(22)8-10-14(23)19-15(24)18-10/h1-3,10H,4-8H2,(H2,18,19,23,24). The van der Waals surface area contributed by atoms with Crippen molar-refractivity contribution >= 4 is 51.1 Å². The molecule has 0 saturated carbocycles. The molecule has 1 aromatic carbocycles. The second-order valence-electron chi connectivity index (χ2n) is 6.06. The first kappa shape index (κ1) is 19.9. The lowest BCUT2D eigenvalue weighted by atomic mass is 10.2. The molecule has 2 aliphatic rings. The zero-order valence-corrected chi connectivity index (χ0v) is 16.3. The monoisotopic (exact) mass is 434 g/mol. The number of hydrogen-bond donors (Lipinski definition) is 2. The van der Waals surface area contributed by atoms with Crippen molar-refractivity contribution in [3.8, 4) is 0 Å². The molecule has 2 N–H and O–H groups in total. The predicted octanol–water partition coefficient (Wildman–Crippen LogP) is 0.424. The van der Waals surface area contributed by atoms with Gasteiger partial charge in [0, 0.05) is 26.2 Å². The Morgan fingerprint density at radius 1 is 1.15 bits per heavy atom. The zero-order valence-electron chi connectivity index (χ0n) is 13.9. The molecule has 9 nitrogen and oxygen atoms in total. The van der Waals surface area contributed by atoms with E-state index in [4.69, 9.17) is 23.2 Å². The topological polar surface area (TPSA) is 116 Å². The highest BCUT2D eigenvalue weighted by atomic mass is 35.5. The highest BCUT2D eigenvalue weighted by molar-refractivity contribution is 7.89. The first-order valence-electron chi connectivity index (χ1n) is 8.03. The van der Waals surface area contributed by atoms with Crippen molar-refractivity contribution in [2.45, 2.75) is 17.4 Å². The summed E-state index contributed by atoms with van der Waals surface area (Å²) in [5.74, 6) is -0.889. The van der Waals surface area contributed by atoms with E-state index in [-0.39, 0.29) is 53.4 Å². The lowest BCUT2D eigenvalue weighted by Crippen LogP contribution is -2.51. The molecule has 2 aliphatic heterocycles. The Morgan fingerprint density at radius 2 is 1.81 bits per heavy atom. The van der Waals surface area contributed by atoms with Crippen LogP contribution in [0.2, 0.25) is 10.0 Å². The van der Waals surface area contributed by atoms with Gasteiger partial charge in [-0.15, -0.1) is 0 Å². The van der Waals surface area contributed by atoms with E-state index in [1.807, 2.05) is 0 Å². The van der Waals surface area contributed by atoms with Crippen molar-refractivity contribution in [1.82, 2.24) is 19.8 Å². The second-order valence-corrected chi connectivity index (χ2v) is 8.75. The van der Waals surface area contributed by atoms with Crippen molar-refractivity contribution < 1.29 is 22.8 Å². The molecular weight excluding hydrogens is 419 g/mol. The van der Waals surface area contributed by atoms with E-state index < -0.39 is 28.0 Å². The molecule has 2 heterocycles. The molecule has 0 radical (unpaired) electrons. The van der Waals surface area contributed by atoms with Crippen LogP contribution in [0, 0.1) is 0 Å². The molecule has 1 aromatic rings. The number of nitrogens with one attached hydrogen (secondary N) is 2. The number of urea groups is 1. The third-order valence-corrected chi connectivity index (χ3v) is 7.23. The number of hydrogen-bond acceptors (Lipinski definition) is 5. The molecule has 4 amide bonds. The fourth-order valence-corrected chi connectivity index (χ4v) is 5.06. The Bertz CT molecular complexity index is 899. The van der Waals surface area contributed by atoms with E-state index in [9.17, 15) is 22.8 Å². The zero-order chi connectivity index (χ0) is 19.8. The minimum atomic E-state index is -3.84. The first-order chi connectivity index (χ1) is 12.7. The molecule has 0 bridgehead atoms. The third kappa shape index (κ3) is 4.03. The number of piperazine rings is 1. The quantitative estimate of drug-likeness (QED) is 0.666. The van der Waals surface area contributed by atoms with Gasteiger partial charge in [0.2, 0.25) is 15.9 Å². The van der Waals surface area contributed by atoms with Gasteiger partial charge < -0.3 is 10.2 Å². The smallest absolute Gasteiger partial charge is 0.322 e. The Balaban J connectivity index is 1.63. The lowest BCUT2D eigenvalue weighted by Gasteiger charge is -2.34. The van der Waals surface area contributed by atoms with Crippen LogP contribution in [0.4, 0.5) is 4.79 Å². The SMILES string of the molecule is O=C1NC(=O)C(CC(=O)N2CCN(S(=O)(=O)c3cccc(Cl)c3Cl)CC2)N1. The van der Waals surface area contributed by atoms with Crippen molar-refractivity contribution in [2.24, 2.45) is 0 Å². The van der Waals surface area contributed by atoms with Crippen LogP contribution >= 0.6 is 23.2 Å². The third-order valence-electron chi connectivity index (χ3n) is 4.36. The molecular formula is C15H16Cl2N4O5S. The summed E-state index contributed by atoms with van der Waals surface area (Å²) in [7, 11) is -3.84. The van der Waals surface area contributed by atoms with E-state index in [1.54, 1.807) is 0 Å². The van der Waals surface area contributed by atoms with E-state index in [2.05, 4.69) is 10.6 Å². The normalized spacial score (nSPS) is 21.1. The van der Waals surface area contributed by atoms with Gasteiger partial charge in [-0.3, -0.25) is 14.9 Å². The number of amides is 4. The highest BCUT2D eigenvalue weighted by Gasteiger charge is 2.35. The van der Waals surface area contributed by atoms with Gasteiger partial charge in [0.05, 0.1) is 16.5 Å². The highest BCUT2D eigenvalue weighted by Crippen LogP contribution is 2.31. The van der Waals surface area contributed by atoms with Crippen LogP contribution < -0.4 is 10.6 Å². The van der Waals surface area contributed by atoms with E-state index in [0.717, 1.165) is 0 Å². The first-order valence-corrected chi connectivity index (χ1v) is 10.2. The number of imide groups is 1. The summed E-state index contributed by atoms with van der Waals surface area (Å²) < 4.78 is 26.8. The number of carbonyl (C=O) groups excluding carboxylic acids is 3. The summed E-state index contributed by atoms with van der Waals surface area (Å²) in [5.41, 5.74) is 0. The number of nitrogens with zero attached hydrogens (tertiary/aromatic N) is 2. The maximum atomic E-state index is 12.8. The Morgan fingerprint density at radius 3 is 2.41 bits per heavy atom. The van der Waals surface area contributed by atoms with Gasteiger partial charge in [-0.05, 0) is 12.1 Å². The van der Waals surface area contributed by atoms with Gasteiger partial charge in [-0.1, -0.05) is 29.3 Å². The maximum absolute atomic E-state index is 12.8. The van der Waals surface area contributed by atoms with Crippen LogP contribution in [0.15, 0.2) is 23.1 Å². The fraction of sp³-hybridized carbons (Fsp3) is 0.400. The number of sulfonamides is 1. The summed E-state index contributed by atoms with van der Waals surface area (Å²) in [4.78, 5) is 36.3. The molecule has 12 heteroatoms. The summed E-state index contributed by atoms with van der Waals surface area (Å²) >= 11 is 11.9. The Kier molecular flexibility index (Phi) is 5.61. The largest absolute Gasteiger partial charge is 0.340 e. The number of rotatable bonds is 4. The molecule has 27 heavy (non-hydrogen) atoms. The van der Waals surface area contributed by atoms with Gasteiger partial charge in [-0.2, -0.15) is 4.31 Å². The van der Waals surface area contributed by atoms with E-state index >= 15 is 0 Å². The van der Waals surface area contributed by atoms with Crippen molar-refractivity contribution in [3.05, 3.63) is 28.2 Å². The van der Waals surface area contributed by atoms with Gasteiger partial charge in [-0.25, -0.2) is 13.2 Å². The summed E-state index contributed by atoms with van der Waals surface area (Å²) in [6.07, 6.45) is -0.176. The van der Waals surface area contributed by atoms with Crippen LogP contribution in [0.3, 0.4) is 0 Å². The molecule has 1 unspecified atom stereocenters. The molecule has 0 aromatic heterocycles. The summed E-state index contributed by atoms with van der Waals surface area (Å²) in [6, 6.07) is 2.84. The van der Waals surface area contributed by atoms with Gasteiger partial charge in [0.15, 0.2) is 0 Å². The molecule has 0 aliphatic carbocycles. The van der Waals surface area contributed by atoms with Crippen LogP contribution in [-0.4, -0.2) is 67.7 Å². The van der Waals surface area contributed by atoms with Gasteiger partial charge in [0.1, 0.15) is 10.9 Å². The average molecular weight is 435 g/mol. The fourth-order valence-electron chi connectivity index (χ4n) is 2.91. The molecule has 3 rings (SSSR count). The van der Waals surface area contributed by atoms with Crippen molar-refractivity contribution in [3.63, 3.8) is 0 Å². The predicted molar refractivity (Wildman–Crippen MR) is 96.9 cm³/mol. The molecule has 2 fully saturated rings. The maximum Gasteiger partial charge on any atom is 0.322 e. The van der Waals surface area contributed by atoms with E-state index in [0.29, 0.717) is 0 Å².